The lowest BCUT2D eigenvalue weighted by molar-refractivity contribution is -0.143. The molecule has 180 valence electrons. The number of nitrogens with one attached hydrogen (secondary N) is 1. The Balaban J connectivity index is 1.47. The Morgan fingerprint density at radius 3 is 2.47 bits per heavy atom. The Bertz CT molecular complexity index is 1160. The lowest BCUT2D eigenvalue weighted by atomic mass is 10.1. The Labute approximate surface area is 200 Å². The van der Waals surface area contributed by atoms with Gasteiger partial charge in [0.05, 0.1) is 17.4 Å². The fourth-order valence-electron chi connectivity index (χ4n) is 3.97. The van der Waals surface area contributed by atoms with Gasteiger partial charge in [-0.3, -0.25) is 9.69 Å². The van der Waals surface area contributed by atoms with Gasteiger partial charge in [-0.25, -0.2) is 4.68 Å². The summed E-state index contributed by atoms with van der Waals surface area (Å²) in [7, 11) is 2.10. The van der Waals surface area contributed by atoms with E-state index in [9.17, 15) is 18.0 Å². The van der Waals surface area contributed by atoms with E-state index in [-0.39, 0.29) is 17.3 Å². The lowest BCUT2D eigenvalue weighted by Gasteiger charge is -2.32. The van der Waals surface area contributed by atoms with E-state index >= 15 is 0 Å². The molecule has 1 aromatic heterocycles. The Morgan fingerprint density at radius 2 is 1.76 bits per heavy atom. The fourth-order valence-corrected chi connectivity index (χ4v) is 4.16. The molecule has 1 fully saturated rings. The highest BCUT2D eigenvalue weighted by molar-refractivity contribution is 6.30. The molecule has 3 aromatic rings. The molecule has 0 aliphatic carbocycles. The van der Waals surface area contributed by atoms with Gasteiger partial charge in [-0.2, -0.15) is 18.3 Å². The molecular weight excluding hydrogens is 467 g/mol. The van der Waals surface area contributed by atoms with Crippen LogP contribution < -0.4 is 5.32 Å². The summed E-state index contributed by atoms with van der Waals surface area (Å²) in [5, 5.41) is 6.69. The first-order valence-corrected chi connectivity index (χ1v) is 11.3. The van der Waals surface area contributed by atoms with Crippen LogP contribution in [0.15, 0.2) is 54.7 Å². The molecule has 1 saturated heterocycles. The van der Waals surface area contributed by atoms with Crippen LogP contribution in [0.25, 0.3) is 5.69 Å². The van der Waals surface area contributed by atoms with Crippen molar-refractivity contribution in [2.45, 2.75) is 19.3 Å². The molecule has 0 unspecified atom stereocenters. The van der Waals surface area contributed by atoms with Gasteiger partial charge in [0.1, 0.15) is 0 Å². The van der Waals surface area contributed by atoms with E-state index in [1.54, 1.807) is 6.07 Å². The number of hydrogen-bond donors (Lipinski definition) is 1. The van der Waals surface area contributed by atoms with Crippen molar-refractivity contribution in [2.24, 2.45) is 0 Å². The molecule has 0 atom stereocenters. The number of halogens is 4. The molecule has 4 rings (SSSR count). The third-order valence-corrected chi connectivity index (χ3v) is 6.02. The van der Waals surface area contributed by atoms with Crippen LogP contribution in [0.4, 0.5) is 13.2 Å². The van der Waals surface area contributed by atoms with Crippen LogP contribution in [0, 0.1) is 0 Å². The van der Waals surface area contributed by atoms with Crippen LogP contribution in [0.3, 0.4) is 0 Å². The number of amides is 1. The summed E-state index contributed by atoms with van der Waals surface area (Å²) in [5.74, 6) is -0.843. The molecular formula is C24H25ClF3N5O. The highest BCUT2D eigenvalue weighted by Gasteiger charge is 2.40. The molecule has 6 nitrogen and oxygen atoms in total. The normalized spacial score (nSPS) is 15.4. The zero-order chi connectivity index (χ0) is 24.3. The topological polar surface area (TPSA) is 53.4 Å². The van der Waals surface area contributed by atoms with Gasteiger partial charge in [0, 0.05) is 44.3 Å². The molecule has 1 aliphatic rings. The third-order valence-electron chi connectivity index (χ3n) is 5.78. The minimum atomic E-state index is -4.78. The zero-order valence-corrected chi connectivity index (χ0v) is 19.4. The van der Waals surface area contributed by atoms with E-state index in [0.717, 1.165) is 50.0 Å². The van der Waals surface area contributed by atoms with Crippen molar-refractivity contribution >= 4 is 17.5 Å². The number of carbonyl (C=O) groups excluding carboxylic acids is 1. The first-order valence-electron chi connectivity index (χ1n) is 10.9. The maximum Gasteiger partial charge on any atom is 0.434 e. The van der Waals surface area contributed by atoms with Gasteiger partial charge < -0.3 is 10.2 Å². The highest BCUT2D eigenvalue weighted by atomic mass is 35.5. The van der Waals surface area contributed by atoms with Gasteiger partial charge in [-0.05, 0) is 36.4 Å². The van der Waals surface area contributed by atoms with Crippen LogP contribution >= 0.6 is 11.6 Å². The summed E-state index contributed by atoms with van der Waals surface area (Å²) in [6.07, 6.45) is -3.85. The summed E-state index contributed by atoms with van der Waals surface area (Å²) in [6.45, 7) is 4.89. The zero-order valence-electron chi connectivity index (χ0n) is 18.6. The van der Waals surface area contributed by atoms with Crippen molar-refractivity contribution in [1.82, 2.24) is 24.9 Å². The van der Waals surface area contributed by atoms with Crippen molar-refractivity contribution in [1.29, 1.82) is 0 Å². The van der Waals surface area contributed by atoms with Crippen molar-refractivity contribution in [2.75, 3.05) is 33.2 Å². The quantitative estimate of drug-likeness (QED) is 0.561. The van der Waals surface area contributed by atoms with Crippen LogP contribution in [0.5, 0.6) is 0 Å². The molecule has 0 bridgehead atoms. The molecule has 34 heavy (non-hydrogen) atoms. The number of alkyl halides is 3. The predicted octanol–water partition coefficient (Wildman–Crippen LogP) is 4.22. The molecule has 2 heterocycles. The van der Waals surface area contributed by atoms with Gasteiger partial charge >= 0.3 is 6.18 Å². The highest BCUT2D eigenvalue weighted by Crippen LogP contribution is 2.34. The summed E-state index contributed by atoms with van der Waals surface area (Å²) < 4.78 is 42.3. The Kier molecular flexibility index (Phi) is 7.25. The van der Waals surface area contributed by atoms with Crippen molar-refractivity contribution < 1.29 is 18.0 Å². The van der Waals surface area contributed by atoms with Gasteiger partial charge in [0.15, 0.2) is 5.69 Å². The summed E-state index contributed by atoms with van der Waals surface area (Å²) in [4.78, 5) is 17.4. The van der Waals surface area contributed by atoms with Crippen LogP contribution in [0.1, 0.15) is 27.2 Å². The molecule has 2 aromatic carbocycles. The second-order valence-electron chi connectivity index (χ2n) is 8.38. The number of carbonyl (C=O) groups is 1. The monoisotopic (exact) mass is 491 g/mol. The summed E-state index contributed by atoms with van der Waals surface area (Å²) in [6, 6.07) is 13.6. The second kappa shape index (κ2) is 10.2. The Hall–Kier alpha value is -2.88. The first-order chi connectivity index (χ1) is 16.2. The number of benzene rings is 2. The third kappa shape index (κ3) is 5.78. The smallest absolute Gasteiger partial charge is 0.348 e. The average Bonchev–Trinajstić information content (AvgIpc) is 3.26. The predicted molar refractivity (Wildman–Crippen MR) is 124 cm³/mol. The van der Waals surface area contributed by atoms with Crippen molar-refractivity contribution in [3.63, 3.8) is 0 Å². The first kappa shape index (κ1) is 24.3. The number of nitrogens with zero attached hydrogens (tertiary/aromatic N) is 4. The molecule has 0 radical (unpaired) electrons. The molecule has 0 saturated carbocycles. The van der Waals surface area contributed by atoms with Gasteiger partial charge in [0.2, 0.25) is 0 Å². The minimum Gasteiger partial charge on any atom is -0.348 e. The molecule has 0 spiro atoms. The van der Waals surface area contributed by atoms with Crippen LogP contribution in [-0.4, -0.2) is 58.7 Å². The molecule has 10 heteroatoms. The SMILES string of the molecule is CN1CCN(Cc2cccc(CNC(=O)c3cnn(-c4cccc(Cl)c4)c3C(F)(F)F)c2)CC1. The maximum atomic E-state index is 13.9. The number of aromatic nitrogens is 2. The maximum absolute atomic E-state index is 13.9. The van der Waals surface area contributed by atoms with Crippen molar-refractivity contribution in [3.8, 4) is 5.69 Å². The van der Waals surface area contributed by atoms with Gasteiger partial charge in [0.25, 0.3) is 5.91 Å². The van der Waals surface area contributed by atoms with Gasteiger partial charge in [-0.15, -0.1) is 0 Å². The minimum absolute atomic E-state index is 0.106. The van der Waals surface area contributed by atoms with Gasteiger partial charge in [-0.1, -0.05) is 41.9 Å². The van der Waals surface area contributed by atoms with E-state index in [2.05, 4.69) is 27.3 Å². The standard InChI is InChI=1S/C24H25ClF3N5O/c1-31-8-10-32(11-9-31)16-18-5-2-4-17(12-18)14-29-23(34)21-15-30-33(22(21)24(26,27)28)20-7-3-6-19(25)13-20/h2-7,12-13,15H,8-11,14,16H2,1H3,(H,29,34). The van der Waals surface area contributed by atoms with E-state index in [1.165, 1.54) is 18.2 Å². The van der Waals surface area contributed by atoms with E-state index in [1.807, 2.05) is 24.3 Å². The number of piperazine rings is 1. The Morgan fingerprint density at radius 1 is 1.06 bits per heavy atom. The number of likely N-dealkylation sites (N-methyl/N-ethyl adjacent to an activating group) is 1. The number of hydrogen-bond acceptors (Lipinski definition) is 4. The van der Waals surface area contributed by atoms with E-state index in [4.69, 9.17) is 11.6 Å². The lowest BCUT2D eigenvalue weighted by Crippen LogP contribution is -2.43. The van der Waals surface area contributed by atoms with Crippen LogP contribution in [0.2, 0.25) is 5.02 Å². The largest absolute Gasteiger partial charge is 0.434 e. The van der Waals surface area contributed by atoms with Crippen LogP contribution in [-0.2, 0) is 19.3 Å². The molecule has 1 aliphatic heterocycles. The number of rotatable bonds is 6. The summed E-state index contributed by atoms with van der Waals surface area (Å²) in [5.41, 5.74) is 0.351. The van der Waals surface area contributed by atoms with Crippen molar-refractivity contribution in [3.05, 3.63) is 82.1 Å². The fraction of sp³-hybridized carbons (Fsp3) is 0.333. The average molecular weight is 492 g/mol. The molecule has 1 N–H and O–H groups in total. The second-order valence-corrected chi connectivity index (χ2v) is 8.81. The van der Waals surface area contributed by atoms with E-state index < -0.39 is 23.3 Å². The van der Waals surface area contributed by atoms with E-state index in [0.29, 0.717) is 4.68 Å². The molecule has 1 amide bonds. The summed E-state index contributed by atoms with van der Waals surface area (Å²) >= 11 is 5.92.